The topological polar surface area (TPSA) is 83.5 Å². The smallest absolute Gasteiger partial charge is 0.225 e. The molecule has 0 aliphatic carbocycles. The number of nitrogens with zero attached hydrogens (tertiary/aromatic N) is 3. The minimum Gasteiger partial charge on any atom is -0.436 e. The van der Waals surface area contributed by atoms with E-state index in [2.05, 4.69) is 15.0 Å². The normalized spacial score (nSPS) is 16.2. The van der Waals surface area contributed by atoms with Crippen LogP contribution in [0, 0.1) is 5.82 Å². The lowest BCUT2D eigenvalue weighted by Crippen LogP contribution is -2.44. The number of hydrogen-bond acceptors (Lipinski definition) is 6. The fourth-order valence-corrected chi connectivity index (χ4v) is 3.25. The number of ether oxygens (including phenoxy) is 2. The summed E-state index contributed by atoms with van der Waals surface area (Å²) in [5.74, 6) is -0.00931. The number of halogens is 1. The maximum Gasteiger partial charge on any atom is 0.225 e. The van der Waals surface area contributed by atoms with E-state index in [4.69, 9.17) is 9.47 Å². The molecule has 28 heavy (non-hydrogen) atoms. The summed E-state index contributed by atoms with van der Waals surface area (Å²) in [6.45, 7) is 6.60. The molecule has 0 amide bonds. The number of H-pyrrole nitrogens is 1. The first-order valence-corrected chi connectivity index (χ1v) is 9.17. The Morgan fingerprint density at radius 3 is 2.89 bits per heavy atom. The fraction of sp³-hybridized carbons (Fsp3) is 0.400. The highest BCUT2D eigenvalue weighted by atomic mass is 19.1. The van der Waals surface area contributed by atoms with Crippen LogP contribution in [0.25, 0.3) is 10.9 Å². The molecular weight excluding hydrogens is 363 g/mol. The molecule has 0 spiro atoms. The predicted octanol–water partition coefficient (Wildman–Crippen LogP) is 3.34. The van der Waals surface area contributed by atoms with E-state index in [9.17, 15) is 9.50 Å². The monoisotopic (exact) mass is 386 g/mol. The third-order valence-electron chi connectivity index (χ3n) is 4.58. The molecule has 0 saturated carbocycles. The number of aliphatic hydroxyl groups is 1. The van der Waals surface area contributed by atoms with Crippen LogP contribution in [0.3, 0.4) is 0 Å². The SMILES string of the molecule is CC(C)(C)OC(O)N1CCc2c(ncnc2Oc2cc3cc[nH]c3cc2F)C1. The van der Waals surface area contributed by atoms with Gasteiger partial charge in [0, 0.05) is 41.8 Å². The van der Waals surface area contributed by atoms with Crippen molar-refractivity contribution in [3.63, 3.8) is 0 Å². The van der Waals surface area contributed by atoms with Crippen LogP contribution in [0.2, 0.25) is 0 Å². The predicted molar refractivity (Wildman–Crippen MR) is 101 cm³/mol. The lowest BCUT2D eigenvalue weighted by atomic mass is 10.1. The summed E-state index contributed by atoms with van der Waals surface area (Å²) in [4.78, 5) is 13.3. The number of aromatic nitrogens is 3. The number of aromatic amines is 1. The van der Waals surface area contributed by atoms with Crippen LogP contribution in [-0.2, 0) is 17.7 Å². The summed E-state index contributed by atoms with van der Waals surface area (Å²) in [5, 5.41) is 11.2. The third-order valence-corrected chi connectivity index (χ3v) is 4.58. The molecule has 8 heteroatoms. The second kappa shape index (κ2) is 7.12. The zero-order chi connectivity index (χ0) is 19.9. The minimum atomic E-state index is -1.03. The van der Waals surface area contributed by atoms with Gasteiger partial charge in [-0.3, -0.25) is 0 Å². The number of aliphatic hydroxyl groups excluding tert-OH is 1. The van der Waals surface area contributed by atoms with E-state index < -0.39 is 17.8 Å². The van der Waals surface area contributed by atoms with Gasteiger partial charge in [-0.15, -0.1) is 0 Å². The van der Waals surface area contributed by atoms with Crippen LogP contribution >= 0.6 is 0 Å². The lowest BCUT2D eigenvalue weighted by molar-refractivity contribution is -0.242. The average Bonchev–Trinajstić information content (AvgIpc) is 3.07. The first kappa shape index (κ1) is 18.8. The van der Waals surface area contributed by atoms with Crippen molar-refractivity contribution in [1.29, 1.82) is 0 Å². The highest BCUT2D eigenvalue weighted by Gasteiger charge is 2.29. The first-order chi connectivity index (χ1) is 13.3. The van der Waals surface area contributed by atoms with E-state index in [1.54, 1.807) is 17.2 Å². The number of fused-ring (bicyclic) bond motifs is 2. The molecule has 4 rings (SSSR count). The van der Waals surface area contributed by atoms with E-state index in [-0.39, 0.29) is 5.75 Å². The molecular formula is C20H23FN4O3. The number of nitrogens with one attached hydrogen (secondary N) is 1. The summed E-state index contributed by atoms with van der Waals surface area (Å²) in [6, 6.07) is 4.90. The Hall–Kier alpha value is -2.55. The van der Waals surface area contributed by atoms with Gasteiger partial charge in [-0.25, -0.2) is 19.3 Å². The molecule has 1 aromatic carbocycles. The van der Waals surface area contributed by atoms with Crippen molar-refractivity contribution in [2.45, 2.75) is 45.8 Å². The molecule has 0 radical (unpaired) electrons. The number of rotatable bonds is 4. The van der Waals surface area contributed by atoms with Gasteiger partial charge in [0.05, 0.1) is 11.3 Å². The van der Waals surface area contributed by atoms with Crippen LogP contribution < -0.4 is 4.74 Å². The van der Waals surface area contributed by atoms with Gasteiger partial charge in [-0.05, 0) is 39.3 Å². The second-order valence-corrected chi connectivity index (χ2v) is 7.83. The van der Waals surface area contributed by atoms with Crippen LogP contribution in [0.5, 0.6) is 11.6 Å². The van der Waals surface area contributed by atoms with Crippen LogP contribution in [0.1, 0.15) is 32.0 Å². The van der Waals surface area contributed by atoms with Gasteiger partial charge in [-0.1, -0.05) is 0 Å². The van der Waals surface area contributed by atoms with Gasteiger partial charge in [0.1, 0.15) is 6.33 Å². The van der Waals surface area contributed by atoms with Gasteiger partial charge >= 0.3 is 0 Å². The molecule has 0 saturated heterocycles. The quantitative estimate of drug-likeness (QED) is 0.669. The van der Waals surface area contributed by atoms with Gasteiger partial charge in [-0.2, -0.15) is 0 Å². The van der Waals surface area contributed by atoms with Crippen molar-refractivity contribution in [2.24, 2.45) is 0 Å². The van der Waals surface area contributed by atoms with E-state index in [0.717, 1.165) is 16.6 Å². The first-order valence-electron chi connectivity index (χ1n) is 9.17. The fourth-order valence-electron chi connectivity index (χ4n) is 3.25. The standard InChI is InChI=1S/C20H23FN4O3/c1-20(2,3)28-19(26)25-7-5-13-16(10-25)23-11-24-18(13)27-17-8-12-4-6-22-15(12)9-14(17)21/h4,6,8-9,11,19,22,26H,5,7,10H2,1-3H3. The van der Waals surface area contributed by atoms with Gasteiger partial charge in [0.25, 0.3) is 0 Å². The Labute approximate surface area is 162 Å². The van der Waals surface area contributed by atoms with Crippen molar-refractivity contribution in [3.8, 4) is 11.6 Å². The summed E-state index contributed by atoms with van der Waals surface area (Å²) >= 11 is 0. The molecule has 0 bridgehead atoms. The maximum absolute atomic E-state index is 14.4. The molecule has 1 atom stereocenters. The van der Waals surface area contributed by atoms with Crippen molar-refractivity contribution >= 4 is 10.9 Å². The number of benzene rings is 1. The maximum atomic E-state index is 14.4. The largest absolute Gasteiger partial charge is 0.436 e. The lowest BCUT2D eigenvalue weighted by Gasteiger charge is -2.35. The van der Waals surface area contributed by atoms with Gasteiger partial charge < -0.3 is 19.6 Å². The Morgan fingerprint density at radius 2 is 2.11 bits per heavy atom. The summed E-state index contributed by atoms with van der Waals surface area (Å²) < 4.78 is 25.8. The van der Waals surface area contributed by atoms with Gasteiger partial charge in [0.15, 0.2) is 11.6 Å². The van der Waals surface area contributed by atoms with E-state index in [1.807, 2.05) is 26.8 Å². The van der Waals surface area contributed by atoms with E-state index in [1.165, 1.54) is 12.4 Å². The van der Waals surface area contributed by atoms with E-state index >= 15 is 0 Å². The molecule has 2 aromatic heterocycles. The van der Waals surface area contributed by atoms with Crippen LogP contribution in [0.4, 0.5) is 4.39 Å². The molecule has 1 aliphatic rings. The van der Waals surface area contributed by atoms with Gasteiger partial charge in [0.2, 0.25) is 12.3 Å². The zero-order valence-electron chi connectivity index (χ0n) is 16.1. The molecule has 7 nitrogen and oxygen atoms in total. The molecule has 0 fully saturated rings. The summed E-state index contributed by atoms with van der Waals surface area (Å²) in [5.41, 5.74) is 1.79. The Kier molecular flexibility index (Phi) is 4.78. The molecule has 148 valence electrons. The van der Waals surface area contributed by atoms with Crippen molar-refractivity contribution in [1.82, 2.24) is 19.9 Å². The van der Waals surface area contributed by atoms with Crippen LogP contribution in [0.15, 0.2) is 30.7 Å². The van der Waals surface area contributed by atoms with Crippen molar-refractivity contribution < 1.29 is 19.0 Å². The van der Waals surface area contributed by atoms with Crippen LogP contribution in [-0.4, -0.2) is 43.5 Å². The molecule has 1 unspecified atom stereocenters. The Balaban J connectivity index is 1.56. The average molecular weight is 386 g/mol. The second-order valence-electron chi connectivity index (χ2n) is 7.83. The molecule has 1 aliphatic heterocycles. The van der Waals surface area contributed by atoms with Crippen molar-refractivity contribution in [2.75, 3.05) is 6.54 Å². The number of hydrogen-bond donors (Lipinski definition) is 2. The van der Waals surface area contributed by atoms with Crippen molar-refractivity contribution in [3.05, 3.63) is 47.8 Å². The summed E-state index contributed by atoms with van der Waals surface area (Å²) in [7, 11) is 0. The summed E-state index contributed by atoms with van der Waals surface area (Å²) in [6.07, 6.45) is 2.67. The third kappa shape index (κ3) is 3.84. The highest BCUT2D eigenvalue weighted by molar-refractivity contribution is 5.81. The molecule has 3 aromatic rings. The Morgan fingerprint density at radius 1 is 1.29 bits per heavy atom. The van der Waals surface area contributed by atoms with E-state index in [0.29, 0.717) is 30.9 Å². The Bertz CT molecular complexity index is 999. The molecule has 2 N–H and O–H groups in total. The zero-order valence-corrected chi connectivity index (χ0v) is 16.1. The molecule has 3 heterocycles. The minimum absolute atomic E-state index is 0.117. The highest BCUT2D eigenvalue weighted by Crippen LogP contribution is 2.32.